The van der Waals surface area contributed by atoms with Gasteiger partial charge in [-0.3, -0.25) is 9.88 Å². The first-order valence-electron chi connectivity index (χ1n) is 10.7. The second-order valence-corrected chi connectivity index (χ2v) is 10.5. The number of methoxy groups -OCH3 is 1. The zero-order valence-corrected chi connectivity index (χ0v) is 19.2. The number of ether oxygens (including phenoxy) is 1. The van der Waals surface area contributed by atoms with Gasteiger partial charge in [-0.05, 0) is 32.0 Å². The molecular weight excluding hydrogens is 380 g/mol. The molecule has 2 aromatic heterocycles. The van der Waals surface area contributed by atoms with E-state index >= 15 is 0 Å². The lowest BCUT2D eigenvalue weighted by atomic mass is 9.88. The highest BCUT2D eigenvalue weighted by Crippen LogP contribution is 2.42. The number of anilines is 1. The van der Waals surface area contributed by atoms with Gasteiger partial charge in [0.15, 0.2) is 0 Å². The molecule has 29 heavy (non-hydrogen) atoms. The molecule has 1 N–H and O–H groups in total. The van der Waals surface area contributed by atoms with Crippen LogP contribution in [0.4, 0.5) is 5.69 Å². The maximum Gasteiger partial charge on any atom is 0.0822 e. The summed E-state index contributed by atoms with van der Waals surface area (Å²) in [6, 6.07) is 7.66. The Hall–Kier alpha value is -1.47. The highest BCUT2D eigenvalue weighted by molar-refractivity contribution is 7.15. The molecule has 0 spiro atoms. The second-order valence-electron chi connectivity index (χ2n) is 9.22. The van der Waals surface area contributed by atoms with Crippen LogP contribution in [0, 0.1) is 6.92 Å². The first kappa shape index (κ1) is 20.8. The molecule has 0 amide bonds. The van der Waals surface area contributed by atoms with Crippen molar-refractivity contribution in [2.45, 2.75) is 45.2 Å². The number of hydrogen-bond donors (Lipinski definition) is 1. The van der Waals surface area contributed by atoms with Gasteiger partial charge >= 0.3 is 0 Å². The molecule has 0 unspecified atom stereocenters. The summed E-state index contributed by atoms with van der Waals surface area (Å²) in [6.07, 6.45) is 2.11. The van der Waals surface area contributed by atoms with Gasteiger partial charge < -0.3 is 15.0 Å². The SMILES string of the molecule is COC[C@H]1CN[C@H](C)CN1CCN1CC(C)(C)c2cnc(-c3ccc(C)s3)cc21. The molecule has 6 heteroatoms. The van der Waals surface area contributed by atoms with Crippen LogP contribution in [-0.4, -0.2) is 68.4 Å². The number of nitrogens with zero attached hydrogens (tertiary/aromatic N) is 3. The van der Waals surface area contributed by atoms with E-state index in [-0.39, 0.29) is 5.41 Å². The highest BCUT2D eigenvalue weighted by Gasteiger charge is 2.36. The van der Waals surface area contributed by atoms with Crippen molar-refractivity contribution in [2.75, 3.05) is 51.3 Å². The number of aromatic nitrogens is 1. The molecule has 1 saturated heterocycles. The van der Waals surface area contributed by atoms with E-state index in [2.05, 4.69) is 67.2 Å². The topological polar surface area (TPSA) is 40.6 Å². The van der Waals surface area contributed by atoms with Crippen LogP contribution in [0.1, 0.15) is 31.2 Å². The van der Waals surface area contributed by atoms with Crippen LogP contribution in [-0.2, 0) is 10.2 Å². The first-order valence-corrected chi connectivity index (χ1v) is 11.5. The van der Waals surface area contributed by atoms with Crippen LogP contribution in [0.2, 0.25) is 0 Å². The van der Waals surface area contributed by atoms with Crippen molar-refractivity contribution in [2.24, 2.45) is 0 Å². The number of pyridine rings is 1. The van der Waals surface area contributed by atoms with E-state index in [0.29, 0.717) is 12.1 Å². The summed E-state index contributed by atoms with van der Waals surface area (Å²) in [5, 5.41) is 3.59. The molecule has 2 aliphatic rings. The van der Waals surface area contributed by atoms with E-state index in [0.717, 1.165) is 45.0 Å². The van der Waals surface area contributed by atoms with Gasteiger partial charge in [0.05, 0.1) is 17.2 Å². The molecular formula is C23H34N4OS. The standard InChI is InChI=1S/C23H34N4OS/c1-16-13-26(18(11-24-16)14-28-5)8-9-27-15-23(3,4)19-12-25-20(10-21(19)27)22-7-6-17(2)29-22/h6-7,10,12,16,18,24H,8-9,11,13-15H2,1-5H3/t16-,18-/m1/s1. The molecule has 4 rings (SSSR count). The number of rotatable bonds is 6. The summed E-state index contributed by atoms with van der Waals surface area (Å²) in [5.74, 6) is 0. The fourth-order valence-electron chi connectivity index (χ4n) is 4.69. The van der Waals surface area contributed by atoms with Crippen LogP contribution in [0.25, 0.3) is 10.6 Å². The van der Waals surface area contributed by atoms with Crippen molar-refractivity contribution in [1.29, 1.82) is 0 Å². The van der Waals surface area contributed by atoms with Crippen molar-refractivity contribution < 1.29 is 4.74 Å². The number of hydrogen-bond acceptors (Lipinski definition) is 6. The van der Waals surface area contributed by atoms with Gasteiger partial charge in [0.25, 0.3) is 0 Å². The third kappa shape index (κ3) is 4.36. The Labute approximate surface area is 179 Å². The summed E-state index contributed by atoms with van der Waals surface area (Å²) >= 11 is 1.82. The average Bonchev–Trinajstić information content (AvgIpc) is 3.23. The summed E-state index contributed by atoms with van der Waals surface area (Å²) in [5.41, 5.74) is 3.96. The maximum atomic E-state index is 5.47. The van der Waals surface area contributed by atoms with Crippen molar-refractivity contribution >= 4 is 17.0 Å². The minimum atomic E-state index is 0.134. The molecule has 0 aliphatic carbocycles. The van der Waals surface area contributed by atoms with Crippen molar-refractivity contribution in [3.05, 3.63) is 34.8 Å². The van der Waals surface area contributed by atoms with Crippen LogP contribution in [0.3, 0.4) is 0 Å². The Morgan fingerprint density at radius 3 is 2.86 bits per heavy atom. The van der Waals surface area contributed by atoms with E-state index in [9.17, 15) is 0 Å². The molecule has 2 aliphatic heterocycles. The lowest BCUT2D eigenvalue weighted by Gasteiger charge is -2.40. The van der Waals surface area contributed by atoms with Gasteiger partial charge in [-0.2, -0.15) is 0 Å². The Morgan fingerprint density at radius 1 is 1.31 bits per heavy atom. The van der Waals surface area contributed by atoms with E-state index in [1.54, 1.807) is 7.11 Å². The maximum absolute atomic E-state index is 5.47. The summed E-state index contributed by atoms with van der Waals surface area (Å²) in [7, 11) is 1.80. The van der Waals surface area contributed by atoms with Crippen molar-refractivity contribution in [3.8, 4) is 10.6 Å². The van der Waals surface area contributed by atoms with Crippen molar-refractivity contribution in [1.82, 2.24) is 15.2 Å². The van der Waals surface area contributed by atoms with E-state index < -0.39 is 0 Å². The van der Waals surface area contributed by atoms with E-state index in [1.807, 2.05) is 11.3 Å². The zero-order chi connectivity index (χ0) is 20.6. The molecule has 2 aromatic rings. The quantitative estimate of drug-likeness (QED) is 0.783. The average molecular weight is 415 g/mol. The molecule has 0 bridgehead atoms. The van der Waals surface area contributed by atoms with Gasteiger partial charge in [0.2, 0.25) is 0 Å². The van der Waals surface area contributed by atoms with Gasteiger partial charge in [-0.15, -0.1) is 11.3 Å². The minimum Gasteiger partial charge on any atom is -0.383 e. The van der Waals surface area contributed by atoms with Gasteiger partial charge in [-0.25, -0.2) is 0 Å². The first-order chi connectivity index (χ1) is 13.9. The Balaban J connectivity index is 1.53. The molecule has 5 nitrogen and oxygen atoms in total. The normalized spacial score (nSPS) is 24.1. The monoisotopic (exact) mass is 414 g/mol. The molecule has 1 fully saturated rings. The van der Waals surface area contributed by atoms with Gasteiger partial charge in [0, 0.05) is 79.7 Å². The lowest BCUT2D eigenvalue weighted by molar-refractivity contribution is 0.0630. The molecule has 0 aromatic carbocycles. The Bertz CT molecular complexity index is 849. The number of thiophene rings is 1. The Kier molecular flexibility index (Phi) is 5.98. The van der Waals surface area contributed by atoms with E-state index in [4.69, 9.17) is 9.72 Å². The summed E-state index contributed by atoms with van der Waals surface area (Å²) in [4.78, 5) is 12.6. The number of fused-ring (bicyclic) bond motifs is 1. The fraction of sp³-hybridized carbons (Fsp3) is 0.609. The predicted molar refractivity (Wildman–Crippen MR) is 122 cm³/mol. The highest BCUT2D eigenvalue weighted by atomic mass is 32.1. The van der Waals surface area contributed by atoms with Crippen LogP contribution in [0.15, 0.2) is 24.4 Å². The molecule has 4 heterocycles. The minimum absolute atomic E-state index is 0.134. The number of nitrogens with one attached hydrogen (secondary N) is 1. The summed E-state index contributed by atoms with van der Waals surface area (Å²) < 4.78 is 5.47. The van der Waals surface area contributed by atoms with Crippen LogP contribution < -0.4 is 10.2 Å². The second kappa shape index (κ2) is 8.34. The number of piperazine rings is 1. The zero-order valence-electron chi connectivity index (χ0n) is 18.4. The Morgan fingerprint density at radius 2 is 2.14 bits per heavy atom. The van der Waals surface area contributed by atoms with Gasteiger partial charge in [-0.1, -0.05) is 13.8 Å². The predicted octanol–water partition coefficient (Wildman–Crippen LogP) is 3.52. The number of aryl methyl sites for hydroxylation is 1. The largest absolute Gasteiger partial charge is 0.383 e. The fourth-order valence-corrected chi connectivity index (χ4v) is 5.53. The van der Waals surface area contributed by atoms with Crippen molar-refractivity contribution in [3.63, 3.8) is 0 Å². The molecule has 0 saturated carbocycles. The molecule has 0 radical (unpaired) electrons. The molecule has 158 valence electrons. The third-order valence-electron chi connectivity index (χ3n) is 6.27. The lowest BCUT2D eigenvalue weighted by Crippen LogP contribution is -2.58. The van der Waals surface area contributed by atoms with Gasteiger partial charge in [0.1, 0.15) is 0 Å². The van der Waals surface area contributed by atoms with Crippen LogP contribution in [0.5, 0.6) is 0 Å². The van der Waals surface area contributed by atoms with E-state index in [1.165, 1.54) is 21.0 Å². The molecule has 2 atom stereocenters. The summed E-state index contributed by atoms with van der Waals surface area (Å²) in [6.45, 7) is 15.1. The van der Waals surface area contributed by atoms with Crippen LogP contribution >= 0.6 is 11.3 Å². The smallest absolute Gasteiger partial charge is 0.0822 e. The third-order valence-corrected chi connectivity index (χ3v) is 7.30.